The Balaban J connectivity index is 2.91. The van der Waals surface area contributed by atoms with Gasteiger partial charge in [0, 0.05) is 0 Å². The average molecular weight is 143 g/mol. The minimum Gasteiger partial charge on any atom is -0.445 e. The maximum absolute atomic E-state index is 11.7. The second kappa shape index (κ2) is 2.48. The third kappa shape index (κ3) is 1.13. The first-order valence-electron chi connectivity index (χ1n) is 2.52. The molecule has 0 aliphatic heterocycles. The Labute approximate surface area is 55.7 Å². The number of nitrogens with zero attached hydrogens (tertiary/aromatic N) is 1. The molecule has 0 fully saturated rings. The quantitative estimate of drug-likeness (QED) is 0.603. The molecule has 0 saturated heterocycles. The van der Waals surface area contributed by atoms with Crippen molar-refractivity contribution in [1.29, 1.82) is 5.26 Å². The highest BCUT2D eigenvalue weighted by atomic mass is 19.3. The van der Waals surface area contributed by atoms with E-state index in [2.05, 4.69) is 4.42 Å². The van der Waals surface area contributed by atoms with Gasteiger partial charge >= 0.3 is 0 Å². The van der Waals surface area contributed by atoms with E-state index in [-0.39, 0.29) is 5.76 Å². The number of hydrogen-bond donors (Lipinski definition) is 0. The summed E-state index contributed by atoms with van der Waals surface area (Å²) in [5, 5.41) is 8.14. The molecule has 0 N–H and O–H groups in total. The molecule has 0 spiro atoms. The molecule has 10 heavy (non-hydrogen) atoms. The first-order chi connectivity index (χ1) is 4.74. The first kappa shape index (κ1) is 6.75. The standard InChI is InChI=1S/C6H3F2NO/c7-6(8)5-2-1-4(3-9)10-5/h1-2,6H. The van der Waals surface area contributed by atoms with Crippen LogP contribution in [0.3, 0.4) is 0 Å². The van der Waals surface area contributed by atoms with Gasteiger partial charge in [0.05, 0.1) is 0 Å². The lowest BCUT2D eigenvalue weighted by Gasteiger charge is -1.88. The van der Waals surface area contributed by atoms with Gasteiger partial charge in [0.15, 0.2) is 5.76 Å². The van der Waals surface area contributed by atoms with Crippen LogP contribution in [-0.2, 0) is 0 Å². The monoisotopic (exact) mass is 143 g/mol. The normalized spacial score (nSPS) is 9.80. The Morgan fingerprint density at radius 3 is 2.50 bits per heavy atom. The van der Waals surface area contributed by atoms with Crippen molar-refractivity contribution in [3.63, 3.8) is 0 Å². The molecule has 4 heteroatoms. The van der Waals surface area contributed by atoms with Crippen molar-refractivity contribution in [3.8, 4) is 6.07 Å². The van der Waals surface area contributed by atoms with Crippen molar-refractivity contribution in [2.45, 2.75) is 6.43 Å². The van der Waals surface area contributed by atoms with Gasteiger partial charge in [-0.05, 0) is 12.1 Å². The lowest BCUT2D eigenvalue weighted by atomic mass is 10.4. The van der Waals surface area contributed by atoms with Crippen LogP contribution in [0.15, 0.2) is 16.5 Å². The fourth-order valence-electron chi connectivity index (χ4n) is 0.530. The SMILES string of the molecule is N#Cc1ccc(C(F)F)o1. The molecule has 0 aliphatic rings. The summed E-state index contributed by atoms with van der Waals surface area (Å²) in [5.74, 6) is -0.549. The average Bonchev–Trinajstić information content (AvgIpc) is 2.34. The van der Waals surface area contributed by atoms with Crippen LogP contribution in [0.25, 0.3) is 0 Å². The van der Waals surface area contributed by atoms with Gasteiger partial charge in [-0.3, -0.25) is 0 Å². The van der Waals surface area contributed by atoms with E-state index in [1.165, 1.54) is 6.07 Å². The van der Waals surface area contributed by atoms with Crippen molar-refractivity contribution in [1.82, 2.24) is 0 Å². The van der Waals surface area contributed by atoms with Gasteiger partial charge in [-0.15, -0.1) is 0 Å². The molecule has 0 saturated carbocycles. The summed E-state index contributed by atoms with van der Waals surface area (Å²) in [4.78, 5) is 0. The van der Waals surface area contributed by atoms with Crippen LogP contribution in [0.1, 0.15) is 17.9 Å². The van der Waals surface area contributed by atoms with Crippen LogP contribution in [-0.4, -0.2) is 0 Å². The maximum Gasteiger partial charge on any atom is 0.295 e. The first-order valence-corrected chi connectivity index (χ1v) is 2.52. The van der Waals surface area contributed by atoms with Crippen LogP contribution in [0.4, 0.5) is 8.78 Å². The van der Waals surface area contributed by atoms with Gasteiger partial charge in [-0.1, -0.05) is 0 Å². The van der Waals surface area contributed by atoms with Crippen LogP contribution < -0.4 is 0 Å². The lowest BCUT2D eigenvalue weighted by molar-refractivity contribution is 0.121. The Kier molecular flexibility index (Phi) is 1.67. The van der Waals surface area contributed by atoms with Gasteiger partial charge < -0.3 is 4.42 Å². The van der Waals surface area contributed by atoms with Crippen LogP contribution in [0, 0.1) is 11.3 Å². The summed E-state index contributed by atoms with van der Waals surface area (Å²) >= 11 is 0. The largest absolute Gasteiger partial charge is 0.445 e. The third-order valence-corrected chi connectivity index (χ3v) is 0.952. The molecule has 0 amide bonds. The minimum atomic E-state index is -2.64. The van der Waals surface area contributed by atoms with Gasteiger partial charge in [0.25, 0.3) is 6.43 Å². The van der Waals surface area contributed by atoms with Crippen molar-refractivity contribution in [3.05, 3.63) is 23.7 Å². The second-order valence-corrected chi connectivity index (χ2v) is 1.61. The molecular formula is C6H3F2NO. The summed E-state index contributed by atoms with van der Waals surface area (Å²) in [6, 6.07) is 3.90. The fraction of sp³-hybridized carbons (Fsp3) is 0.167. The second-order valence-electron chi connectivity index (χ2n) is 1.61. The van der Waals surface area contributed by atoms with Crippen molar-refractivity contribution in [2.75, 3.05) is 0 Å². The molecule has 0 unspecified atom stereocenters. The van der Waals surface area contributed by atoms with Gasteiger partial charge in [-0.25, -0.2) is 8.78 Å². The minimum absolute atomic E-state index is 0.0877. The molecular weight excluding hydrogens is 140 g/mol. The molecule has 0 aliphatic carbocycles. The third-order valence-electron chi connectivity index (χ3n) is 0.952. The summed E-state index contributed by atoms with van der Waals surface area (Å²) in [6.07, 6.45) is -2.64. The van der Waals surface area contributed by atoms with Gasteiger partial charge in [0.2, 0.25) is 5.76 Å². The summed E-state index contributed by atoms with van der Waals surface area (Å²) < 4.78 is 27.8. The Bertz CT molecular complexity index is 261. The van der Waals surface area contributed by atoms with E-state index in [4.69, 9.17) is 5.26 Å². The molecule has 0 bridgehead atoms. The Hall–Kier alpha value is -1.37. The topological polar surface area (TPSA) is 36.9 Å². The molecule has 0 atom stereocenters. The summed E-state index contributed by atoms with van der Waals surface area (Å²) in [6.45, 7) is 0. The molecule has 1 heterocycles. The Morgan fingerprint density at radius 1 is 1.50 bits per heavy atom. The zero-order chi connectivity index (χ0) is 7.56. The van der Waals surface area contributed by atoms with Crippen LogP contribution >= 0.6 is 0 Å². The molecule has 2 nitrogen and oxygen atoms in total. The van der Waals surface area contributed by atoms with Crippen LogP contribution in [0.2, 0.25) is 0 Å². The van der Waals surface area contributed by atoms with E-state index < -0.39 is 12.2 Å². The van der Waals surface area contributed by atoms with Crippen molar-refractivity contribution >= 4 is 0 Å². The molecule has 52 valence electrons. The number of halogens is 2. The highest BCUT2D eigenvalue weighted by molar-refractivity contribution is 5.19. The zero-order valence-electron chi connectivity index (χ0n) is 4.84. The number of hydrogen-bond acceptors (Lipinski definition) is 2. The smallest absolute Gasteiger partial charge is 0.295 e. The van der Waals surface area contributed by atoms with Crippen LogP contribution in [0.5, 0.6) is 0 Å². The van der Waals surface area contributed by atoms with E-state index in [9.17, 15) is 8.78 Å². The fourth-order valence-corrected chi connectivity index (χ4v) is 0.530. The molecule has 1 aromatic rings. The van der Waals surface area contributed by atoms with E-state index >= 15 is 0 Å². The number of rotatable bonds is 1. The number of furan rings is 1. The molecule has 1 rings (SSSR count). The highest BCUT2D eigenvalue weighted by Gasteiger charge is 2.11. The van der Waals surface area contributed by atoms with Crippen molar-refractivity contribution in [2.24, 2.45) is 0 Å². The molecule has 1 aromatic heterocycles. The predicted molar refractivity (Wildman–Crippen MR) is 28.4 cm³/mol. The Morgan fingerprint density at radius 2 is 2.20 bits per heavy atom. The van der Waals surface area contributed by atoms with E-state index in [0.29, 0.717) is 0 Å². The predicted octanol–water partition coefficient (Wildman–Crippen LogP) is 2.09. The van der Waals surface area contributed by atoms with E-state index in [0.717, 1.165) is 6.07 Å². The van der Waals surface area contributed by atoms with E-state index in [1.807, 2.05) is 0 Å². The van der Waals surface area contributed by atoms with Crippen molar-refractivity contribution < 1.29 is 13.2 Å². The summed E-state index contributed by atoms with van der Waals surface area (Å²) in [7, 11) is 0. The molecule has 0 aromatic carbocycles. The van der Waals surface area contributed by atoms with Gasteiger partial charge in [0.1, 0.15) is 6.07 Å². The van der Waals surface area contributed by atoms with E-state index in [1.54, 1.807) is 6.07 Å². The number of nitriles is 1. The summed E-state index contributed by atoms with van der Waals surface area (Å²) in [5.41, 5.74) is 0. The van der Waals surface area contributed by atoms with Gasteiger partial charge in [-0.2, -0.15) is 5.26 Å². The lowest BCUT2D eigenvalue weighted by Crippen LogP contribution is -1.75. The zero-order valence-corrected chi connectivity index (χ0v) is 4.84. The maximum atomic E-state index is 11.7. The number of alkyl halides is 2. The highest BCUT2D eigenvalue weighted by Crippen LogP contribution is 2.20. The molecule has 0 radical (unpaired) electrons.